The lowest BCUT2D eigenvalue weighted by atomic mass is 9.85. The minimum absolute atomic E-state index is 0.106. The Bertz CT molecular complexity index is 1460. The summed E-state index contributed by atoms with van der Waals surface area (Å²) in [6.07, 6.45) is 7.76. The minimum atomic E-state index is -0.515. The van der Waals surface area contributed by atoms with Gasteiger partial charge in [0.1, 0.15) is 11.9 Å². The maximum atomic E-state index is 12.9. The maximum absolute atomic E-state index is 12.9. The molecule has 0 N–H and O–H groups in total. The van der Waals surface area contributed by atoms with E-state index in [1.165, 1.54) is 12.1 Å². The summed E-state index contributed by atoms with van der Waals surface area (Å²) in [7, 11) is 0. The van der Waals surface area contributed by atoms with Crippen LogP contribution in [0.2, 0.25) is 0 Å². The molecule has 2 amide bonds. The summed E-state index contributed by atoms with van der Waals surface area (Å²) in [6.45, 7) is 3.92. The van der Waals surface area contributed by atoms with Crippen molar-refractivity contribution in [1.82, 2.24) is 14.6 Å². The molecule has 2 bridgehead atoms. The summed E-state index contributed by atoms with van der Waals surface area (Å²) >= 11 is 0. The number of carbonyl (C=O) groups is 2. The van der Waals surface area contributed by atoms with E-state index < -0.39 is 4.92 Å². The zero-order valence-corrected chi connectivity index (χ0v) is 20.1. The summed E-state index contributed by atoms with van der Waals surface area (Å²) < 4.78 is 7.74. The highest BCUT2D eigenvalue weighted by atomic mass is 16.6. The predicted molar refractivity (Wildman–Crippen MR) is 133 cm³/mol. The smallest absolute Gasteiger partial charge is 0.287 e. The molecule has 10 heteroatoms. The zero-order valence-electron chi connectivity index (χ0n) is 20.1. The number of ether oxygens (including phenoxy) is 1. The molecule has 2 aromatic heterocycles. The quantitative estimate of drug-likeness (QED) is 0.164. The first-order chi connectivity index (χ1) is 17.8. The van der Waals surface area contributed by atoms with E-state index in [1.54, 1.807) is 18.3 Å². The Labute approximate surface area is 212 Å². The van der Waals surface area contributed by atoms with E-state index in [0.717, 1.165) is 40.3 Å². The van der Waals surface area contributed by atoms with Crippen LogP contribution < -0.4 is 4.74 Å². The highest BCUT2D eigenvalue weighted by molar-refractivity contribution is 6.06. The van der Waals surface area contributed by atoms with Crippen molar-refractivity contribution in [3.63, 3.8) is 0 Å². The molecule has 1 aromatic carbocycles. The van der Waals surface area contributed by atoms with Gasteiger partial charge in [-0.1, -0.05) is 12.2 Å². The van der Waals surface area contributed by atoms with Crippen molar-refractivity contribution in [3.8, 4) is 17.3 Å². The molecule has 2 aliphatic carbocycles. The van der Waals surface area contributed by atoms with Gasteiger partial charge < -0.3 is 9.30 Å². The van der Waals surface area contributed by atoms with Crippen LogP contribution in [-0.2, 0) is 9.59 Å². The molecule has 0 spiro atoms. The molecule has 1 aliphatic heterocycles. The van der Waals surface area contributed by atoms with Gasteiger partial charge in [0, 0.05) is 34.8 Å². The number of hydrogen-bond acceptors (Lipinski definition) is 7. The van der Waals surface area contributed by atoms with Crippen LogP contribution in [0.4, 0.5) is 5.69 Å². The van der Waals surface area contributed by atoms with Gasteiger partial charge in [-0.15, -0.1) is 0 Å². The third kappa shape index (κ3) is 3.72. The number of rotatable bonds is 6. The number of allylic oxidation sites excluding steroid dienone is 2. The lowest BCUT2D eigenvalue weighted by molar-refractivity contribution is -0.385. The standard InChI is InChI=1S/C27H23N5O5/c1-15-11-19(13-29-31-26(33)24-17-3-4-18(12-17)25(24)27(31)34)16(2)30(15)20-5-8-22(9-6-20)37-23-10-7-21(14-28-23)32(35)36/h3-11,13-14,17-18,24-25H,12H2,1-2H3/t17-,18-,24-,25+/m0/s1. The SMILES string of the molecule is Cc1cc(C=NN2C(=O)[C@@H]3[C@H](C2=O)[C@H]2C=C[C@H]3C2)c(C)n1-c1ccc(Oc2ccc([N+](=O)[O-])cn2)cc1. The van der Waals surface area contributed by atoms with Gasteiger partial charge in [-0.05, 0) is 62.4 Å². The largest absolute Gasteiger partial charge is 0.439 e. The molecule has 2 fully saturated rings. The summed E-state index contributed by atoms with van der Waals surface area (Å²) in [6, 6.07) is 12.1. The normalized spacial score (nSPS) is 23.9. The van der Waals surface area contributed by atoms with Crippen LogP contribution in [0.1, 0.15) is 23.4 Å². The predicted octanol–water partition coefficient (Wildman–Crippen LogP) is 4.33. The van der Waals surface area contributed by atoms with Gasteiger partial charge in [0.15, 0.2) is 0 Å². The van der Waals surface area contributed by atoms with Crippen molar-refractivity contribution >= 4 is 23.7 Å². The molecular formula is C27H23N5O5. The van der Waals surface area contributed by atoms with E-state index in [9.17, 15) is 19.7 Å². The number of fused-ring (bicyclic) bond motifs is 5. The average molecular weight is 498 g/mol. The molecule has 0 unspecified atom stereocenters. The Hall–Kier alpha value is -4.60. The van der Waals surface area contributed by atoms with E-state index in [4.69, 9.17) is 4.74 Å². The van der Waals surface area contributed by atoms with E-state index in [2.05, 4.69) is 22.2 Å². The molecular weight excluding hydrogens is 474 g/mol. The minimum Gasteiger partial charge on any atom is -0.439 e. The highest BCUT2D eigenvalue weighted by Crippen LogP contribution is 2.52. The van der Waals surface area contributed by atoms with Gasteiger partial charge in [-0.3, -0.25) is 19.7 Å². The van der Waals surface area contributed by atoms with Crippen molar-refractivity contribution in [2.75, 3.05) is 0 Å². The number of pyridine rings is 1. The van der Waals surface area contributed by atoms with Crippen LogP contribution >= 0.6 is 0 Å². The number of benzene rings is 1. The molecule has 37 heavy (non-hydrogen) atoms. The summed E-state index contributed by atoms with van der Waals surface area (Å²) in [5.74, 6) is 0.159. The van der Waals surface area contributed by atoms with Crippen molar-refractivity contribution in [2.45, 2.75) is 20.3 Å². The number of hydrazone groups is 1. The number of aryl methyl sites for hydroxylation is 1. The van der Waals surface area contributed by atoms with Crippen LogP contribution in [0, 0.1) is 47.6 Å². The summed E-state index contributed by atoms with van der Waals surface area (Å²) in [4.78, 5) is 40.0. The van der Waals surface area contributed by atoms with Crippen molar-refractivity contribution in [1.29, 1.82) is 0 Å². The van der Waals surface area contributed by atoms with E-state index >= 15 is 0 Å². The molecule has 3 aliphatic rings. The van der Waals surface area contributed by atoms with Crippen molar-refractivity contribution in [2.24, 2.45) is 28.8 Å². The Balaban J connectivity index is 1.19. The lowest BCUT2D eigenvalue weighted by Crippen LogP contribution is -2.28. The fraction of sp³-hybridized carbons (Fsp3) is 0.259. The lowest BCUT2D eigenvalue weighted by Gasteiger charge is -2.13. The third-order valence-corrected chi connectivity index (χ3v) is 7.48. The Kier molecular flexibility index (Phi) is 5.25. The molecule has 1 saturated heterocycles. The second kappa shape index (κ2) is 8.51. The van der Waals surface area contributed by atoms with Crippen LogP contribution in [0.5, 0.6) is 11.6 Å². The first-order valence-corrected chi connectivity index (χ1v) is 12.0. The van der Waals surface area contributed by atoms with Crippen LogP contribution in [0.15, 0.2) is 65.9 Å². The highest BCUT2D eigenvalue weighted by Gasteiger charge is 2.59. The average Bonchev–Trinajstić information content (AvgIpc) is 3.63. The number of nitro groups is 1. The Morgan fingerprint density at radius 1 is 1.05 bits per heavy atom. The zero-order chi connectivity index (χ0) is 25.8. The molecule has 186 valence electrons. The monoisotopic (exact) mass is 497 g/mol. The number of aromatic nitrogens is 2. The van der Waals surface area contributed by atoms with Gasteiger partial charge in [-0.2, -0.15) is 10.1 Å². The van der Waals surface area contributed by atoms with E-state index in [-0.39, 0.29) is 47.1 Å². The molecule has 3 aromatic rings. The van der Waals surface area contributed by atoms with Crippen LogP contribution in [-0.4, -0.2) is 37.5 Å². The van der Waals surface area contributed by atoms with E-state index in [0.29, 0.717) is 5.75 Å². The van der Waals surface area contributed by atoms with Crippen molar-refractivity contribution < 1.29 is 19.2 Å². The number of nitrogens with zero attached hydrogens (tertiary/aromatic N) is 5. The first-order valence-electron chi connectivity index (χ1n) is 12.0. The van der Waals surface area contributed by atoms with Gasteiger partial charge in [0.2, 0.25) is 5.88 Å². The number of hydrogen-bond donors (Lipinski definition) is 0. The van der Waals surface area contributed by atoms with Gasteiger partial charge >= 0.3 is 0 Å². The van der Waals surface area contributed by atoms with Gasteiger partial charge in [0.25, 0.3) is 17.5 Å². The Morgan fingerprint density at radius 3 is 2.32 bits per heavy atom. The number of amides is 2. The molecule has 1 saturated carbocycles. The molecule has 4 atom stereocenters. The molecule has 6 rings (SSSR count). The summed E-state index contributed by atoms with van der Waals surface area (Å²) in [5, 5.41) is 16.2. The topological polar surface area (TPSA) is 120 Å². The van der Waals surface area contributed by atoms with Crippen molar-refractivity contribution in [3.05, 3.63) is 87.9 Å². The van der Waals surface area contributed by atoms with Gasteiger partial charge in [-0.25, -0.2) is 4.98 Å². The molecule has 3 heterocycles. The second-order valence-corrected chi connectivity index (χ2v) is 9.60. The van der Waals surface area contributed by atoms with E-state index in [1.807, 2.05) is 36.6 Å². The first kappa shape index (κ1) is 22.8. The summed E-state index contributed by atoms with van der Waals surface area (Å²) in [5.41, 5.74) is 3.47. The van der Waals surface area contributed by atoms with Gasteiger partial charge in [0.05, 0.1) is 23.0 Å². The van der Waals surface area contributed by atoms with Crippen LogP contribution in [0.3, 0.4) is 0 Å². The molecule has 0 radical (unpaired) electrons. The third-order valence-electron chi connectivity index (χ3n) is 7.48. The molecule has 10 nitrogen and oxygen atoms in total. The Morgan fingerprint density at radius 2 is 1.73 bits per heavy atom. The maximum Gasteiger partial charge on any atom is 0.287 e. The number of imide groups is 1. The fourth-order valence-electron chi connectivity index (χ4n) is 5.76. The second-order valence-electron chi connectivity index (χ2n) is 9.60. The van der Waals surface area contributed by atoms with Crippen LogP contribution in [0.25, 0.3) is 5.69 Å². The fourth-order valence-corrected chi connectivity index (χ4v) is 5.76. The number of carbonyl (C=O) groups excluding carboxylic acids is 2.